The van der Waals surface area contributed by atoms with E-state index in [1.807, 2.05) is 11.7 Å². The normalized spacial score (nSPS) is 24.7. The van der Waals surface area contributed by atoms with E-state index in [0.29, 0.717) is 6.04 Å². The summed E-state index contributed by atoms with van der Waals surface area (Å²) in [5, 5.41) is 7.57. The fourth-order valence-electron chi connectivity index (χ4n) is 2.53. The van der Waals surface area contributed by atoms with Crippen molar-refractivity contribution < 1.29 is 4.74 Å². The number of rotatable bonds is 5. The van der Waals surface area contributed by atoms with Crippen LogP contribution < -0.4 is 5.32 Å². The van der Waals surface area contributed by atoms with Gasteiger partial charge in [0.05, 0.1) is 6.61 Å². The molecule has 2 heterocycles. The van der Waals surface area contributed by atoms with E-state index >= 15 is 0 Å². The summed E-state index contributed by atoms with van der Waals surface area (Å²) >= 11 is 0. The van der Waals surface area contributed by atoms with Crippen LogP contribution in [0.2, 0.25) is 0 Å². The maximum absolute atomic E-state index is 5.56. The van der Waals surface area contributed by atoms with Crippen LogP contribution in [0.3, 0.4) is 0 Å². The molecule has 0 radical (unpaired) electrons. The monoisotopic (exact) mass is 238 g/mol. The SMILES string of the molecule is CNCC1(Cc2ncnn2C(C)C)CCOC1. The van der Waals surface area contributed by atoms with Gasteiger partial charge in [0, 0.05) is 31.0 Å². The average Bonchev–Trinajstić information content (AvgIpc) is 2.89. The molecule has 1 unspecified atom stereocenters. The van der Waals surface area contributed by atoms with E-state index < -0.39 is 0 Å². The van der Waals surface area contributed by atoms with Crippen LogP contribution in [-0.4, -0.2) is 41.6 Å². The number of ether oxygens (including phenoxy) is 1. The van der Waals surface area contributed by atoms with E-state index in [1.54, 1.807) is 6.33 Å². The molecule has 1 atom stereocenters. The standard InChI is InChI=1S/C12H22N4O/c1-10(2)16-11(14-9-15-16)6-12(7-13-3)4-5-17-8-12/h9-10,13H,4-8H2,1-3H3. The molecule has 0 saturated carbocycles. The Morgan fingerprint density at radius 3 is 3.00 bits per heavy atom. The summed E-state index contributed by atoms with van der Waals surface area (Å²) in [7, 11) is 1.99. The lowest BCUT2D eigenvalue weighted by Crippen LogP contribution is -2.36. The first-order valence-electron chi connectivity index (χ1n) is 6.28. The third-order valence-corrected chi connectivity index (χ3v) is 3.41. The van der Waals surface area contributed by atoms with Gasteiger partial charge in [-0.2, -0.15) is 5.10 Å². The summed E-state index contributed by atoms with van der Waals surface area (Å²) in [6, 6.07) is 0.362. The maximum Gasteiger partial charge on any atom is 0.138 e. The lowest BCUT2D eigenvalue weighted by Gasteiger charge is -2.27. The predicted molar refractivity (Wildman–Crippen MR) is 65.9 cm³/mol. The minimum Gasteiger partial charge on any atom is -0.381 e. The Morgan fingerprint density at radius 2 is 2.41 bits per heavy atom. The first-order chi connectivity index (χ1) is 8.17. The predicted octanol–water partition coefficient (Wildman–Crippen LogP) is 1.03. The Hall–Kier alpha value is -0.940. The molecule has 5 nitrogen and oxygen atoms in total. The molecule has 1 aromatic heterocycles. The van der Waals surface area contributed by atoms with Crippen molar-refractivity contribution in [3.63, 3.8) is 0 Å². The molecule has 1 aliphatic rings. The highest BCUT2D eigenvalue weighted by Gasteiger charge is 2.36. The lowest BCUT2D eigenvalue weighted by molar-refractivity contribution is 0.148. The summed E-state index contributed by atoms with van der Waals surface area (Å²) in [6.07, 6.45) is 3.68. The third kappa shape index (κ3) is 2.66. The second-order valence-electron chi connectivity index (χ2n) is 5.22. The van der Waals surface area contributed by atoms with Gasteiger partial charge in [0.15, 0.2) is 0 Å². The van der Waals surface area contributed by atoms with Gasteiger partial charge >= 0.3 is 0 Å². The van der Waals surface area contributed by atoms with Crippen molar-refractivity contribution in [3.8, 4) is 0 Å². The van der Waals surface area contributed by atoms with Crippen LogP contribution in [0.5, 0.6) is 0 Å². The zero-order valence-electron chi connectivity index (χ0n) is 10.9. The Morgan fingerprint density at radius 1 is 1.59 bits per heavy atom. The molecule has 5 heteroatoms. The number of hydrogen-bond donors (Lipinski definition) is 1. The van der Waals surface area contributed by atoms with Gasteiger partial charge in [0.25, 0.3) is 0 Å². The summed E-state index contributed by atoms with van der Waals surface area (Å²) in [5.74, 6) is 1.07. The van der Waals surface area contributed by atoms with Crippen LogP contribution in [-0.2, 0) is 11.2 Å². The largest absolute Gasteiger partial charge is 0.381 e. The van der Waals surface area contributed by atoms with Gasteiger partial charge in [-0.05, 0) is 27.3 Å². The summed E-state index contributed by atoms with van der Waals surface area (Å²) in [6.45, 7) is 6.91. The van der Waals surface area contributed by atoms with Gasteiger partial charge in [-0.1, -0.05) is 0 Å². The van der Waals surface area contributed by atoms with Crippen molar-refractivity contribution in [1.82, 2.24) is 20.1 Å². The van der Waals surface area contributed by atoms with Crippen LogP contribution in [0.25, 0.3) is 0 Å². The first-order valence-corrected chi connectivity index (χ1v) is 6.28. The zero-order chi connectivity index (χ0) is 12.3. The molecule has 17 heavy (non-hydrogen) atoms. The third-order valence-electron chi connectivity index (χ3n) is 3.41. The molecule has 0 bridgehead atoms. The minimum absolute atomic E-state index is 0.189. The number of aromatic nitrogens is 3. The summed E-state index contributed by atoms with van der Waals surface area (Å²) in [4.78, 5) is 4.40. The Balaban J connectivity index is 2.14. The summed E-state index contributed by atoms with van der Waals surface area (Å²) < 4.78 is 7.57. The van der Waals surface area contributed by atoms with Gasteiger partial charge in [0.2, 0.25) is 0 Å². The van der Waals surface area contributed by atoms with Crippen molar-refractivity contribution in [3.05, 3.63) is 12.2 Å². The number of nitrogens with zero attached hydrogens (tertiary/aromatic N) is 3. The highest BCUT2D eigenvalue weighted by atomic mass is 16.5. The quantitative estimate of drug-likeness (QED) is 0.832. The van der Waals surface area contributed by atoms with Gasteiger partial charge in [-0.3, -0.25) is 0 Å². The second kappa shape index (κ2) is 5.14. The van der Waals surface area contributed by atoms with E-state index in [-0.39, 0.29) is 5.41 Å². The van der Waals surface area contributed by atoms with Crippen LogP contribution >= 0.6 is 0 Å². The van der Waals surface area contributed by atoms with Gasteiger partial charge in [0.1, 0.15) is 12.2 Å². The smallest absolute Gasteiger partial charge is 0.138 e. The van der Waals surface area contributed by atoms with Gasteiger partial charge < -0.3 is 10.1 Å². The lowest BCUT2D eigenvalue weighted by atomic mass is 9.83. The van der Waals surface area contributed by atoms with Crippen molar-refractivity contribution in [1.29, 1.82) is 0 Å². The van der Waals surface area contributed by atoms with Crippen LogP contribution in [0.4, 0.5) is 0 Å². The topological polar surface area (TPSA) is 52.0 Å². The molecule has 1 aliphatic heterocycles. The maximum atomic E-state index is 5.56. The molecular formula is C12H22N4O. The molecule has 0 aliphatic carbocycles. The first kappa shape index (κ1) is 12.5. The van der Waals surface area contributed by atoms with Gasteiger partial charge in [-0.15, -0.1) is 0 Å². The number of hydrogen-bond acceptors (Lipinski definition) is 4. The average molecular weight is 238 g/mol. The number of nitrogens with one attached hydrogen (secondary N) is 1. The van der Waals surface area contributed by atoms with Crippen molar-refractivity contribution in [2.45, 2.75) is 32.7 Å². The van der Waals surface area contributed by atoms with E-state index in [4.69, 9.17) is 4.74 Å². The molecule has 0 aromatic carbocycles. The van der Waals surface area contributed by atoms with Gasteiger partial charge in [-0.25, -0.2) is 9.67 Å². The molecule has 1 aromatic rings. The molecule has 1 N–H and O–H groups in total. The van der Waals surface area contributed by atoms with Crippen LogP contribution in [0.15, 0.2) is 6.33 Å². The van der Waals surface area contributed by atoms with Crippen molar-refractivity contribution in [2.75, 3.05) is 26.8 Å². The molecule has 2 rings (SSSR count). The zero-order valence-corrected chi connectivity index (χ0v) is 10.9. The molecule has 0 spiro atoms. The highest BCUT2D eigenvalue weighted by Crippen LogP contribution is 2.31. The van der Waals surface area contributed by atoms with Crippen molar-refractivity contribution >= 4 is 0 Å². The van der Waals surface area contributed by atoms with Crippen molar-refractivity contribution in [2.24, 2.45) is 5.41 Å². The Bertz CT molecular complexity index is 355. The van der Waals surface area contributed by atoms with Crippen LogP contribution in [0, 0.1) is 5.41 Å². The van der Waals surface area contributed by atoms with E-state index in [0.717, 1.165) is 38.4 Å². The second-order valence-corrected chi connectivity index (χ2v) is 5.22. The molecular weight excluding hydrogens is 216 g/mol. The molecule has 1 fully saturated rings. The van der Waals surface area contributed by atoms with E-state index in [9.17, 15) is 0 Å². The van der Waals surface area contributed by atoms with E-state index in [2.05, 4.69) is 29.2 Å². The Kier molecular flexibility index (Phi) is 3.79. The highest BCUT2D eigenvalue weighted by molar-refractivity contribution is 4.98. The Labute approximate surface area is 103 Å². The summed E-state index contributed by atoms with van der Waals surface area (Å²) in [5.41, 5.74) is 0.189. The minimum atomic E-state index is 0.189. The van der Waals surface area contributed by atoms with E-state index in [1.165, 1.54) is 0 Å². The fourth-order valence-corrected chi connectivity index (χ4v) is 2.53. The molecule has 96 valence electrons. The molecule has 1 saturated heterocycles. The fraction of sp³-hybridized carbons (Fsp3) is 0.833. The molecule has 0 amide bonds. The van der Waals surface area contributed by atoms with Crippen LogP contribution in [0.1, 0.15) is 32.1 Å².